The smallest absolute Gasteiger partial charge is 0.408 e. The number of amides is 6. The molecule has 0 aliphatic carbocycles. The van der Waals surface area contributed by atoms with E-state index < -0.39 is 103 Å². The zero-order chi connectivity index (χ0) is 47.5. The van der Waals surface area contributed by atoms with Gasteiger partial charge in [0.15, 0.2) is 0 Å². The van der Waals surface area contributed by atoms with Gasteiger partial charge in [-0.1, -0.05) is 111 Å². The number of nitrogens with one attached hydrogen (secondary N) is 4. The number of carbonyl (C=O) groups excluding carboxylic acids is 6. The van der Waals surface area contributed by atoms with Crippen molar-refractivity contribution in [3.05, 3.63) is 132 Å². The van der Waals surface area contributed by atoms with Gasteiger partial charge in [0.05, 0.1) is 6.42 Å². The monoisotopic (exact) mass is 894 g/mol. The Labute approximate surface area is 373 Å². The molecular formula is C46H50N6O13. The highest BCUT2D eigenvalue weighted by molar-refractivity contribution is 5.99. The third kappa shape index (κ3) is 16.6. The Morgan fingerprint density at radius 1 is 0.600 bits per heavy atom. The van der Waals surface area contributed by atoms with Gasteiger partial charge < -0.3 is 40.9 Å². The minimum atomic E-state index is -1.79. The van der Waals surface area contributed by atoms with Crippen LogP contribution in [0.1, 0.15) is 49.8 Å². The molecule has 0 aromatic heterocycles. The maximum absolute atomic E-state index is 13.7. The molecule has 0 saturated heterocycles. The first-order chi connectivity index (χ1) is 31.0. The minimum Gasteiger partial charge on any atom is -0.481 e. The second-order valence-electron chi connectivity index (χ2n) is 15.1. The number of carboxylic acids is 3. The van der Waals surface area contributed by atoms with Gasteiger partial charge in [0, 0.05) is 31.7 Å². The van der Waals surface area contributed by atoms with Gasteiger partial charge in [0.25, 0.3) is 11.8 Å². The van der Waals surface area contributed by atoms with Gasteiger partial charge in [0.2, 0.25) is 17.7 Å². The fraction of sp³-hybridized carbons (Fsp3) is 0.283. The first-order valence-electron chi connectivity index (χ1n) is 20.3. The number of hydrogen-bond acceptors (Lipinski definition) is 10. The van der Waals surface area contributed by atoms with Crippen LogP contribution in [0.5, 0.6) is 0 Å². The molecule has 0 aliphatic rings. The summed E-state index contributed by atoms with van der Waals surface area (Å²) in [4.78, 5) is 117. The van der Waals surface area contributed by atoms with Crippen LogP contribution < -0.4 is 21.4 Å². The van der Waals surface area contributed by atoms with Gasteiger partial charge in [-0.3, -0.25) is 43.8 Å². The molecule has 7 N–H and O–H groups in total. The van der Waals surface area contributed by atoms with Crippen molar-refractivity contribution in [1.82, 2.24) is 31.3 Å². The van der Waals surface area contributed by atoms with E-state index in [0.717, 1.165) is 34.1 Å². The summed E-state index contributed by atoms with van der Waals surface area (Å²) in [5, 5.41) is 37.5. The van der Waals surface area contributed by atoms with Crippen LogP contribution in [0.3, 0.4) is 0 Å². The Kier molecular flexibility index (Phi) is 18.7. The van der Waals surface area contributed by atoms with E-state index in [4.69, 9.17) is 4.74 Å². The van der Waals surface area contributed by atoms with Crippen LogP contribution in [0.25, 0.3) is 10.8 Å². The fourth-order valence-corrected chi connectivity index (χ4v) is 6.31. The first kappa shape index (κ1) is 49.6. The predicted molar refractivity (Wildman–Crippen MR) is 233 cm³/mol. The first-order valence-corrected chi connectivity index (χ1v) is 20.3. The zero-order valence-electron chi connectivity index (χ0n) is 35.5. The van der Waals surface area contributed by atoms with Crippen LogP contribution >= 0.6 is 0 Å². The molecular weight excluding hydrogens is 845 g/mol. The number of benzene rings is 4. The number of ether oxygens (including phenoxy) is 1. The van der Waals surface area contributed by atoms with Crippen molar-refractivity contribution >= 4 is 64.3 Å². The average Bonchev–Trinajstić information content (AvgIpc) is 3.27. The molecule has 342 valence electrons. The molecule has 4 aromatic carbocycles. The molecule has 0 heterocycles. The SMILES string of the molecule is CC(C)C(NC(=O)C(CCC(=O)O)NC(=O)C(CC(=O)O)NC(=O)OCc1ccccc1)C(=O)NN(CC(=O)O)C(=O)/C=C/C(=O)N(Cc1ccccc1)Cc1ccc2ccccc2c1. The highest BCUT2D eigenvalue weighted by Crippen LogP contribution is 2.18. The summed E-state index contributed by atoms with van der Waals surface area (Å²) < 4.78 is 5.08. The van der Waals surface area contributed by atoms with Crippen LogP contribution in [-0.4, -0.2) is 103 Å². The number of aliphatic carboxylic acids is 3. The number of nitrogens with zero attached hydrogens (tertiary/aromatic N) is 2. The van der Waals surface area contributed by atoms with E-state index in [-0.39, 0.29) is 19.7 Å². The molecule has 19 heteroatoms. The summed E-state index contributed by atoms with van der Waals surface area (Å²) in [6.45, 7) is 1.98. The van der Waals surface area contributed by atoms with Gasteiger partial charge in [-0.15, -0.1) is 0 Å². The van der Waals surface area contributed by atoms with Crippen molar-refractivity contribution in [2.75, 3.05) is 6.54 Å². The van der Waals surface area contributed by atoms with E-state index in [9.17, 15) is 58.5 Å². The Morgan fingerprint density at radius 2 is 1.18 bits per heavy atom. The van der Waals surface area contributed by atoms with Crippen molar-refractivity contribution in [1.29, 1.82) is 0 Å². The van der Waals surface area contributed by atoms with Crippen LogP contribution in [-0.2, 0) is 62.8 Å². The Balaban J connectivity index is 1.48. The maximum Gasteiger partial charge on any atom is 0.408 e. The molecule has 0 saturated carbocycles. The number of hydrogen-bond donors (Lipinski definition) is 7. The van der Waals surface area contributed by atoms with Gasteiger partial charge >= 0.3 is 24.0 Å². The molecule has 0 fully saturated rings. The van der Waals surface area contributed by atoms with Gasteiger partial charge in [-0.2, -0.15) is 0 Å². The Morgan fingerprint density at radius 3 is 1.80 bits per heavy atom. The molecule has 65 heavy (non-hydrogen) atoms. The molecule has 0 bridgehead atoms. The van der Waals surface area contributed by atoms with E-state index >= 15 is 0 Å². The predicted octanol–water partition coefficient (Wildman–Crippen LogP) is 3.13. The normalized spacial score (nSPS) is 12.3. The molecule has 0 aliphatic heterocycles. The third-order valence-corrected chi connectivity index (χ3v) is 9.62. The summed E-state index contributed by atoms with van der Waals surface area (Å²) in [6.07, 6.45) is -1.61. The molecule has 6 amide bonds. The van der Waals surface area contributed by atoms with Crippen molar-refractivity contribution in [3.63, 3.8) is 0 Å². The van der Waals surface area contributed by atoms with E-state index in [1.54, 1.807) is 30.3 Å². The van der Waals surface area contributed by atoms with E-state index in [1.807, 2.05) is 72.8 Å². The molecule has 0 radical (unpaired) electrons. The van der Waals surface area contributed by atoms with Crippen molar-refractivity contribution in [3.8, 4) is 0 Å². The second kappa shape index (κ2) is 24.5. The second-order valence-corrected chi connectivity index (χ2v) is 15.1. The lowest BCUT2D eigenvalue weighted by Gasteiger charge is -2.28. The van der Waals surface area contributed by atoms with Crippen LogP contribution in [0.2, 0.25) is 0 Å². The molecule has 19 nitrogen and oxygen atoms in total. The number of rotatable bonds is 22. The lowest BCUT2D eigenvalue weighted by molar-refractivity contribution is -0.148. The Hall–Kier alpha value is -8.09. The molecule has 4 aromatic rings. The summed E-state index contributed by atoms with van der Waals surface area (Å²) >= 11 is 0. The van der Waals surface area contributed by atoms with Gasteiger partial charge in [-0.25, -0.2) is 9.80 Å². The van der Waals surface area contributed by atoms with Crippen molar-refractivity contribution < 1.29 is 63.2 Å². The molecule has 3 unspecified atom stereocenters. The van der Waals surface area contributed by atoms with Crippen molar-refractivity contribution in [2.24, 2.45) is 5.92 Å². The lowest BCUT2D eigenvalue weighted by Crippen LogP contribution is -2.60. The number of fused-ring (bicyclic) bond motifs is 1. The largest absolute Gasteiger partial charge is 0.481 e. The summed E-state index contributed by atoms with van der Waals surface area (Å²) in [5.41, 5.74) is 4.35. The minimum absolute atomic E-state index is 0.147. The number of carbonyl (C=O) groups is 9. The molecule has 3 atom stereocenters. The summed E-state index contributed by atoms with van der Waals surface area (Å²) in [5.74, 6) is -10.3. The molecule has 0 spiro atoms. The number of alkyl carbamates (subject to hydrolysis) is 1. The quantitative estimate of drug-likeness (QED) is 0.0442. The van der Waals surface area contributed by atoms with E-state index in [2.05, 4.69) is 21.4 Å². The number of hydrazine groups is 1. The Bertz CT molecular complexity index is 2370. The standard InChI is InChI=1S/C46H50N6O13/c1-29(2)42(49-43(61)35(19-22-39(55)56)47-44(62)36(24-40(57)58)48-46(64)65-28-31-13-7-4-8-14-31)45(63)50-52(27-41(59)60)38(54)21-20-37(53)51(25-30-11-5-3-6-12-30)26-32-17-18-33-15-9-10-16-34(33)23-32/h3-18,20-21,23,29,35-36,42H,19,22,24-28H2,1-2H3,(H,47,62)(H,48,64)(H,49,61)(H,50,63)(H,55,56)(H,57,58)(H,59,60)/b21-20+. The zero-order valence-corrected chi connectivity index (χ0v) is 35.5. The maximum atomic E-state index is 13.7. The average molecular weight is 895 g/mol. The van der Waals surface area contributed by atoms with Crippen LogP contribution in [0.4, 0.5) is 4.79 Å². The van der Waals surface area contributed by atoms with E-state index in [0.29, 0.717) is 10.6 Å². The summed E-state index contributed by atoms with van der Waals surface area (Å²) in [7, 11) is 0. The van der Waals surface area contributed by atoms with Crippen LogP contribution in [0.15, 0.2) is 115 Å². The van der Waals surface area contributed by atoms with Gasteiger partial charge in [-0.05, 0) is 45.9 Å². The molecule has 4 rings (SSSR count). The lowest BCUT2D eigenvalue weighted by atomic mass is 10.0. The van der Waals surface area contributed by atoms with E-state index in [1.165, 1.54) is 18.7 Å². The van der Waals surface area contributed by atoms with Gasteiger partial charge in [0.1, 0.15) is 31.3 Å². The third-order valence-electron chi connectivity index (χ3n) is 9.62. The topological polar surface area (TPSA) is 278 Å². The fourth-order valence-electron chi connectivity index (χ4n) is 6.31. The highest BCUT2D eigenvalue weighted by Gasteiger charge is 2.33. The van der Waals surface area contributed by atoms with Crippen molar-refractivity contribution in [2.45, 2.75) is 70.9 Å². The van der Waals surface area contributed by atoms with Crippen LogP contribution in [0, 0.1) is 5.92 Å². The highest BCUT2D eigenvalue weighted by atomic mass is 16.5. The summed E-state index contributed by atoms with van der Waals surface area (Å²) in [6, 6.07) is 25.9. The number of carboxylic acid groups (broad SMARTS) is 3.